The molecule has 0 aliphatic carbocycles. The molecule has 0 aliphatic rings. The van der Waals surface area contributed by atoms with Crippen molar-refractivity contribution in [3.05, 3.63) is 60.2 Å². The van der Waals surface area contributed by atoms with Gasteiger partial charge in [0.15, 0.2) is 0 Å². The van der Waals surface area contributed by atoms with Gasteiger partial charge in [0, 0.05) is 0 Å². The van der Waals surface area contributed by atoms with Crippen molar-refractivity contribution in [3.63, 3.8) is 0 Å². The van der Waals surface area contributed by atoms with E-state index in [0.29, 0.717) is 0 Å². The minimum absolute atomic E-state index is 1.18. The molecule has 0 aliphatic heterocycles. The molecule has 0 aromatic heterocycles. The van der Waals surface area contributed by atoms with Crippen LogP contribution in [0.1, 0.15) is 25.3 Å². The first-order valence-electron chi connectivity index (χ1n) is 6.05. The summed E-state index contributed by atoms with van der Waals surface area (Å²) in [5.41, 5.74) is 4.18. The van der Waals surface area contributed by atoms with Gasteiger partial charge in [-0.2, -0.15) is 0 Å². The zero-order valence-corrected chi connectivity index (χ0v) is 9.82. The molecule has 0 unspecified atom stereocenters. The van der Waals surface area contributed by atoms with Gasteiger partial charge in [-0.3, -0.25) is 0 Å². The highest BCUT2D eigenvalue weighted by Crippen LogP contribution is 2.24. The Morgan fingerprint density at radius 2 is 1.50 bits per heavy atom. The summed E-state index contributed by atoms with van der Waals surface area (Å²) < 4.78 is 0. The van der Waals surface area contributed by atoms with E-state index < -0.39 is 0 Å². The molecular formula is C16H18. The van der Waals surface area contributed by atoms with Gasteiger partial charge < -0.3 is 0 Å². The molecule has 2 aromatic rings. The summed E-state index contributed by atoms with van der Waals surface area (Å²) in [6.45, 7) is 2.24. The predicted octanol–water partition coefficient (Wildman–Crippen LogP) is 4.70. The monoisotopic (exact) mass is 210 g/mol. The van der Waals surface area contributed by atoms with Crippen LogP contribution in [-0.4, -0.2) is 0 Å². The standard InChI is InChI=1S/C16H18/c1-2-3-9-14-12-7-8-13-16(14)15-10-5-4-6-11-15/h4-8,10-13H,2-3,9H2,1H3. The van der Waals surface area contributed by atoms with Crippen molar-refractivity contribution in [2.24, 2.45) is 0 Å². The third-order valence-electron chi connectivity index (χ3n) is 2.90. The molecule has 2 aromatic carbocycles. The largest absolute Gasteiger partial charge is 0.0654 e. The predicted molar refractivity (Wildman–Crippen MR) is 70.5 cm³/mol. The third-order valence-corrected chi connectivity index (χ3v) is 2.90. The minimum atomic E-state index is 1.18. The Labute approximate surface area is 97.9 Å². The molecule has 16 heavy (non-hydrogen) atoms. The quantitative estimate of drug-likeness (QED) is 0.686. The molecule has 0 heteroatoms. The van der Waals surface area contributed by atoms with Crippen LogP contribution in [0.3, 0.4) is 0 Å². The molecule has 0 spiro atoms. The maximum absolute atomic E-state index is 2.25. The second-order valence-electron chi connectivity index (χ2n) is 4.13. The number of aryl methyl sites for hydroxylation is 1. The fourth-order valence-electron chi connectivity index (χ4n) is 2.00. The first-order valence-corrected chi connectivity index (χ1v) is 6.05. The van der Waals surface area contributed by atoms with E-state index in [1.54, 1.807) is 0 Å². The van der Waals surface area contributed by atoms with Gasteiger partial charge in [-0.15, -0.1) is 0 Å². The second kappa shape index (κ2) is 5.50. The van der Waals surface area contributed by atoms with Crippen molar-refractivity contribution < 1.29 is 0 Å². The van der Waals surface area contributed by atoms with E-state index in [9.17, 15) is 0 Å². The van der Waals surface area contributed by atoms with Crippen molar-refractivity contribution >= 4 is 0 Å². The van der Waals surface area contributed by atoms with E-state index in [-0.39, 0.29) is 0 Å². The highest BCUT2D eigenvalue weighted by Gasteiger charge is 2.02. The Bertz CT molecular complexity index is 429. The van der Waals surface area contributed by atoms with Gasteiger partial charge in [0.1, 0.15) is 0 Å². The van der Waals surface area contributed by atoms with E-state index in [1.807, 2.05) is 0 Å². The van der Waals surface area contributed by atoms with Crippen molar-refractivity contribution in [2.75, 3.05) is 0 Å². The van der Waals surface area contributed by atoms with Gasteiger partial charge in [0.25, 0.3) is 0 Å². The Balaban J connectivity index is 2.33. The molecule has 0 N–H and O–H groups in total. The zero-order chi connectivity index (χ0) is 11.2. The van der Waals surface area contributed by atoms with Crippen LogP contribution in [0.25, 0.3) is 11.1 Å². The fourth-order valence-corrected chi connectivity index (χ4v) is 2.00. The van der Waals surface area contributed by atoms with E-state index in [2.05, 4.69) is 61.5 Å². The number of benzene rings is 2. The van der Waals surface area contributed by atoms with Gasteiger partial charge >= 0.3 is 0 Å². The summed E-state index contributed by atoms with van der Waals surface area (Å²) in [6, 6.07) is 19.4. The fraction of sp³-hybridized carbons (Fsp3) is 0.250. The van der Waals surface area contributed by atoms with Crippen molar-refractivity contribution in [2.45, 2.75) is 26.2 Å². The molecule has 0 radical (unpaired) electrons. The minimum Gasteiger partial charge on any atom is -0.0654 e. The van der Waals surface area contributed by atoms with Crippen molar-refractivity contribution in [3.8, 4) is 11.1 Å². The van der Waals surface area contributed by atoms with E-state index >= 15 is 0 Å². The van der Waals surface area contributed by atoms with Crippen molar-refractivity contribution in [1.82, 2.24) is 0 Å². The highest BCUT2D eigenvalue weighted by atomic mass is 14.1. The molecule has 0 saturated heterocycles. The third kappa shape index (κ3) is 2.52. The molecular weight excluding hydrogens is 192 g/mol. The van der Waals surface area contributed by atoms with Crippen LogP contribution in [0.2, 0.25) is 0 Å². The Morgan fingerprint density at radius 3 is 2.25 bits per heavy atom. The number of unbranched alkanes of at least 4 members (excludes halogenated alkanes) is 1. The summed E-state index contributed by atoms with van der Waals surface area (Å²) in [4.78, 5) is 0. The lowest BCUT2D eigenvalue weighted by molar-refractivity contribution is 0.796. The van der Waals surface area contributed by atoms with Gasteiger partial charge in [-0.05, 0) is 29.5 Å². The van der Waals surface area contributed by atoms with Gasteiger partial charge in [0.2, 0.25) is 0 Å². The first-order chi connectivity index (χ1) is 7.92. The molecule has 0 heterocycles. The molecule has 0 bridgehead atoms. The summed E-state index contributed by atoms with van der Waals surface area (Å²) in [6.07, 6.45) is 3.70. The SMILES string of the molecule is CCCCc1ccccc1-c1ccccc1. The molecule has 0 fully saturated rings. The number of hydrogen-bond acceptors (Lipinski definition) is 0. The van der Waals surface area contributed by atoms with Gasteiger partial charge in [-0.1, -0.05) is 67.9 Å². The topological polar surface area (TPSA) is 0 Å². The average molecular weight is 210 g/mol. The summed E-state index contributed by atoms with van der Waals surface area (Å²) in [5, 5.41) is 0. The zero-order valence-electron chi connectivity index (χ0n) is 9.82. The smallest absolute Gasteiger partial charge is 0.0152 e. The number of hydrogen-bond donors (Lipinski definition) is 0. The van der Waals surface area contributed by atoms with Crippen LogP contribution in [0, 0.1) is 0 Å². The maximum Gasteiger partial charge on any atom is -0.0152 e. The van der Waals surface area contributed by atoms with Gasteiger partial charge in [-0.25, -0.2) is 0 Å². The lowest BCUT2D eigenvalue weighted by atomic mass is 9.96. The van der Waals surface area contributed by atoms with Crippen LogP contribution < -0.4 is 0 Å². The van der Waals surface area contributed by atoms with Crippen LogP contribution >= 0.6 is 0 Å². The summed E-state index contributed by atoms with van der Waals surface area (Å²) >= 11 is 0. The summed E-state index contributed by atoms with van der Waals surface area (Å²) in [5.74, 6) is 0. The Hall–Kier alpha value is -1.56. The highest BCUT2D eigenvalue weighted by molar-refractivity contribution is 5.67. The first kappa shape index (κ1) is 10.9. The van der Waals surface area contributed by atoms with Crippen molar-refractivity contribution in [1.29, 1.82) is 0 Å². The van der Waals surface area contributed by atoms with Crippen LogP contribution in [0.15, 0.2) is 54.6 Å². The molecule has 2 rings (SSSR count). The lowest BCUT2D eigenvalue weighted by Crippen LogP contribution is -1.89. The van der Waals surface area contributed by atoms with Gasteiger partial charge in [0.05, 0.1) is 0 Å². The summed E-state index contributed by atoms with van der Waals surface area (Å²) in [7, 11) is 0. The van der Waals surface area contributed by atoms with E-state index in [1.165, 1.54) is 36.0 Å². The van der Waals surface area contributed by atoms with E-state index in [4.69, 9.17) is 0 Å². The molecule has 0 nitrogen and oxygen atoms in total. The van der Waals surface area contributed by atoms with E-state index in [0.717, 1.165) is 0 Å². The molecule has 82 valence electrons. The number of rotatable bonds is 4. The lowest BCUT2D eigenvalue weighted by Gasteiger charge is -2.08. The normalized spacial score (nSPS) is 10.3. The molecule has 0 atom stereocenters. The molecule has 0 amide bonds. The van der Waals surface area contributed by atoms with Crippen LogP contribution in [0.4, 0.5) is 0 Å². The maximum atomic E-state index is 2.25. The van der Waals surface area contributed by atoms with Crippen LogP contribution in [-0.2, 0) is 6.42 Å². The Kier molecular flexibility index (Phi) is 3.76. The Morgan fingerprint density at radius 1 is 0.812 bits per heavy atom. The van der Waals surface area contributed by atoms with Crippen LogP contribution in [0.5, 0.6) is 0 Å². The average Bonchev–Trinajstić information content (AvgIpc) is 2.38. The molecule has 0 saturated carbocycles. The second-order valence-corrected chi connectivity index (χ2v) is 4.13.